The molecule has 0 spiro atoms. The molecule has 0 aliphatic carbocycles. The molecule has 16 heavy (non-hydrogen) atoms. The van der Waals surface area contributed by atoms with Crippen LogP contribution in [0.25, 0.3) is 5.69 Å². The quantitative estimate of drug-likeness (QED) is 0.775. The Kier molecular flexibility index (Phi) is 3.05. The van der Waals surface area contributed by atoms with Gasteiger partial charge in [-0.2, -0.15) is 5.10 Å². The summed E-state index contributed by atoms with van der Waals surface area (Å²) < 4.78 is 3.84. The number of nitrogens with one attached hydrogen (secondary N) is 1. The molecule has 2 heterocycles. The lowest BCUT2D eigenvalue weighted by atomic mass is 10.5. The molecule has 0 aliphatic rings. The average molecular weight is 217 g/mol. The second-order valence-corrected chi connectivity index (χ2v) is 3.34. The molecule has 0 amide bonds. The number of aromatic nitrogens is 4. The third-order valence-electron chi connectivity index (χ3n) is 2.27. The van der Waals surface area contributed by atoms with Gasteiger partial charge < -0.3 is 5.32 Å². The van der Waals surface area contributed by atoms with Gasteiger partial charge in [0.1, 0.15) is 0 Å². The Morgan fingerprint density at radius 2 is 2.44 bits per heavy atom. The number of anilines is 1. The first-order chi connectivity index (χ1) is 7.85. The first-order valence-corrected chi connectivity index (χ1v) is 5.26. The summed E-state index contributed by atoms with van der Waals surface area (Å²) >= 11 is 0. The van der Waals surface area contributed by atoms with E-state index >= 15 is 0 Å². The maximum Gasteiger partial charge on any atom is 0.207 e. The number of imidazole rings is 1. The van der Waals surface area contributed by atoms with Crippen molar-refractivity contribution in [1.29, 1.82) is 0 Å². The normalized spacial score (nSPS) is 10.3. The molecule has 2 aromatic rings. The van der Waals surface area contributed by atoms with E-state index in [9.17, 15) is 0 Å². The van der Waals surface area contributed by atoms with Crippen molar-refractivity contribution >= 4 is 5.95 Å². The first kappa shape index (κ1) is 10.5. The second kappa shape index (κ2) is 4.65. The highest BCUT2D eigenvalue weighted by atomic mass is 15.3. The van der Waals surface area contributed by atoms with Crippen molar-refractivity contribution in [3.8, 4) is 5.69 Å². The SMILES string of the molecule is C=CCNc1nccn1-c1cnn(CC)c1. The summed E-state index contributed by atoms with van der Waals surface area (Å²) in [5, 5.41) is 7.40. The summed E-state index contributed by atoms with van der Waals surface area (Å²) in [4.78, 5) is 4.23. The lowest BCUT2D eigenvalue weighted by Gasteiger charge is -2.05. The van der Waals surface area contributed by atoms with Crippen LogP contribution in [0.15, 0.2) is 37.4 Å². The van der Waals surface area contributed by atoms with Crippen molar-refractivity contribution < 1.29 is 0 Å². The zero-order valence-corrected chi connectivity index (χ0v) is 9.30. The van der Waals surface area contributed by atoms with Crippen molar-refractivity contribution in [2.45, 2.75) is 13.5 Å². The average Bonchev–Trinajstić information content (AvgIpc) is 2.94. The van der Waals surface area contributed by atoms with Crippen LogP contribution < -0.4 is 5.32 Å². The summed E-state index contributed by atoms with van der Waals surface area (Å²) in [6, 6.07) is 0. The largest absolute Gasteiger partial charge is 0.352 e. The Morgan fingerprint density at radius 3 is 3.12 bits per heavy atom. The molecule has 1 N–H and O–H groups in total. The van der Waals surface area contributed by atoms with Crippen LogP contribution in [0.5, 0.6) is 0 Å². The molecule has 0 atom stereocenters. The monoisotopic (exact) mass is 217 g/mol. The van der Waals surface area contributed by atoms with Gasteiger partial charge in [0.15, 0.2) is 0 Å². The molecule has 0 saturated carbocycles. The molecule has 5 nitrogen and oxygen atoms in total. The highest BCUT2D eigenvalue weighted by Gasteiger charge is 2.05. The second-order valence-electron chi connectivity index (χ2n) is 3.34. The van der Waals surface area contributed by atoms with Gasteiger partial charge in [-0.3, -0.25) is 9.25 Å². The summed E-state index contributed by atoms with van der Waals surface area (Å²) in [5.41, 5.74) is 1.01. The van der Waals surface area contributed by atoms with E-state index in [1.54, 1.807) is 12.3 Å². The minimum absolute atomic E-state index is 0.693. The van der Waals surface area contributed by atoms with Crippen LogP contribution in [0.1, 0.15) is 6.92 Å². The van der Waals surface area contributed by atoms with Gasteiger partial charge in [0.05, 0.1) is 11.9 Å². The van der Waals surface area contributed by atoms with Crippen LogP contribution in [0.4, 0.5) is 5.95 Å². The van der Waals surface area contributed by atoms with Crippen molar-refractivity contribution in [2.24, 2.45) is 0 Å². The fourth-order valence-electron chi connectivity index (χ4n) is 1.46. The van der Waals surface area contributed by atoms with Gasteiger partial charge in [-0.15, -0.1) is 6.58 Å². The van der Waals surface area contributed by atoms with Crippen LogP contribution in [-0.4, -0.2) is 25.9 Å². The Labute approximate surface area is 94.4 Å². The minimum atomic E-state index is 0.693. The maximum absolute atomic E-state index is 4.23. The van der Waals surface area contributed by atoms with Crippen molar-refractivity contribution in [1.82, 2.24) is 19.3 Å². The fraction of sp³-hybridized carbons (Fsp3) is 0.273. The van der Waals surface area contributed by atoms with Crippen molar-refractivity contribution in [2.75, 3.05) is 11.9 Å². The minimum Gasteiger partial charge on any atom is -0.352 e. The van der Waals surface area contributed by atoms with E-state index in [-0.39, 0.29) is 0 Å². The van der Waals surface area contributed by atoms with E-state index in [4.69, 9.17) is 0 Å². The third kappa shape index (κ3) is 1.98. The number of hydrogen-bond acceptors (Lipinski definition) is 3. The topological polar surface area (TPSA) is 47.7 Å². The Bertz CT molecular complexity index is 468. The molecule has 2 aromatic heterocycles. The lowest BCUT2D eigenvalue weighted by molar-refractivity contribution is 0.659. The Balaban J connectivity index is 2.25. The fourth-order valence-corrected chi connectivity index (χ4v) is 1.46. The van der Waals surface area contributed by atoms with Crippen LogP contribution in [-0.2, 0) is 6.54 Å². The van der Waals surface area contributed by atoms with Gasteiger partial charge in [-0.05, 0) is 6.92 Å². The molecular weight excluding hydrogens is 202 g/mol. The highest BCUT2D eigenvalue weighted by Crippen LogP contribution is 2.13. The zero-order valence-electron chi connectivity index (χ0n) is 9.30. The molecule has 0 aromatic carbocycles. The maximum atomic E-state index is 4.23. The van der Waals surface area contributed by atoms with E-state index in [0.717, 1.165) is 18.2 Å². The molecule has 2 rings (SSSR count). The smallest absolute Gasteiger partial charge is 0.207 e. The number of hydrogen-bond donors (Lipinski definition) is 1. The molecule has 5 heteroatoms. The molecule has 0 unspecified atom stereocenters. The number of rotatable bonds is 5. The van der Waals surface area contributed by atoms with E-state index < -0.39 is 0 Å². The zero-order chi connectivity index (χ0) is 11.4. The van der Waals surface area contributed by atoms with Gasteiger partial charge in [-0.25, -0.2) is 4.98 Å². The predicted octanol–water partition coefficient (Wildman–Crippen LogP) is 1.69. The Hall–Kier alpha value is -2.04. The Morgan fingerprint density at radius 1 is 1.56 bits per heavy atom. The van der Waals surface area contributed by atoms with Crippen LogP contribution >= 0.6 is 0 Å². The lowest BCUT2D eigenvalue weighted by Crippen LogP contribution is -2.05. The van der Waals surface area contributed by atoms with Gasteiger partial charge in [0.25, 0.3) is 0 Å². The van der Waals surface area contributed by atoms with Crippen LogP contribution in [0.3, 0.4) is 0 Å². The molecule has 84 valence electrons. The highest BCUT2D eigenvalue weighted by molar-refractivity contribution is 5.39. The van der Waals surface area contributed by atoms with Gasteiger partial charge in [0.2, 0.25) is 5.95 Å². The summed E-state index contributed by atoms with van der Waals surface area (Å²) in [5.74, 6) is 0.801. The number of aryl methyl sites for hydroxylation is 1. The molecule has 0 fully saturated rings. The molecule has 0 bridgehead atoms. The standard InChI is InChI=1S/C11H15N5/c1-3-5-12-11-13-6-7-16(11)10-8-14-15(4-2)9-10/h3,6-9H,1,4-5H2,2H3,(H,12,13). The van der Waals surface area contributed by atoms with E-state index in [1.165, 1.54) is 0 Å². The predicted molar refractivity (Wildman–Crippen MR) is 63.7 cm³/mol. The first-order valence-electron chi connectivity index (χ1n) is 5.26. The molecule has 0 saturated heterocycles. The summed E-state index contributed by atoms with van der Waals surface area (Å²) in [6.07, 6.45) is 9.27. The van der Waals surface area contributed by atoms with Gasteiger partial charge in [-0.1, -0.05) is 6.08 Å². The van der Waals surface area contributed by atoms with Crippen LogP contribution in [0.2, 0.25) is 0 Å². The van der Waals surface area contributed by atoms with Crippen molar-refractivity contribution in [3.05, 3.63) is 37.4 Å². The van der Waals surface area contributed by atoms with Crippen LogP contribution in [0, 0.1) is 0 Å². The van der Waals surface area contributed by atoms with Gasteiger partial charge >= 0.3 is 0 Å². The summed E-state index contributed by atoms with van der Waals surface area (Å²) in [7, 11) is 0. The summed E-state index contributed by atoms with van der Waals surface area (Å²) in [6.45, 7) is 7.28. The van der Waals surface area contributed by atoms with E-state index in [1.807, 2.05) is 27.8 Å². The van der Waals surface area contributed by atoms with E-state index in [2.05, 4.69) is 28.9 Å². The number of nitrogens with zero attached hydrogens (tertiary/aromatic N) is 4. The third-order valence-corrected chi connectivity index (χ3v) is 2.27. The van der Waals surface area contributed by atoms with E-state index in [0.29, 0.717) is 6.54 Å². The molecular formula is C11H15N5. The van der Waals surface area contributed by atoms with Crippen molar-refractivity contribution in [3.63, 3.8) is 0 Å². The molecule has 0 radical (unpaired) electrons. The van der Waals surface area contributed by atoms with Gasteiger partial charge in [0, 0.05) is 31.7 Å². The molecule has 0 aliphatic heterocycles.